The predicted molar refractivity (Wildman–Crippen MR) is 281 cm³/mol. The maximum Gasteiger partial charge on any atom is 0.0470 e. The average Bonchev–Trinajstić information content (AvgIpc) is 4.00. The van der Waals surface area contributed by atoms with Gasteiger partial charge in [0.1, 0.15) is 0 Å². The van der Waals surface area contributed by atoms with E-state index in [9.17, 15) is 0 Å². The second-order valence-electron chi connectivity index (χ2n) is 19.2. The Labute approximate surface area is 394 Å². The van der Waals surface area contributed by atoms with Crippen LogP contribution in [0.25, 0.3) is 66.8 Å². The molecule has 0 bridgehead atoms. The summed E-state index contributed by atoms with van der Waals surface area (Å²) in [6, 6.07) is 88.2. The van der Waals surface area contributed by atoms with E-state index in [0.717, 1.165) is 29.9 Å². The zero-order valence-electron chi connectivity index (χ0n) is 37.9. The molecule has 13 rings (SSSR count). The topological polar surface area (TPSA) is 3.24 Å². The Balaban J connectivity index is 0.923. The van der Waals surface area contributed by atoms with Crippen LogP contribution in [0.5, 0.6) is 0 Å². The molecule has 0 saturated heterocycles. The summed E-state index contributed by atoms with van der Waals surface area (Å²) in [6.45, 7) is 4.76. The van der Waals surface area contributed by atoms with Gasteiger partial charge in [-0.05, 0) is 149 Å². The SMILES string of the molecule is CC1(C)c2ccccc2-c2cccc(-c3ccccc3-c3ccc(N(c4ccc(-c5ccc(-c6ccccc6)cc5)cc4)c4ccc5c(c4)C4(CCc6ccccc64)c4ccccc4-5)cc3)c21. The molecule has 3 aliphatic rings. The average molecular weight is 856 g/mol. The molecule has 0 heterocycles. The highest BCUT2D eigenvalue weighted by molar-refractivity contribution is 5.94. The monoisotopic (exact) mass is 855 g/mol. The minimum absolute atomic E-state index is 0.114. The first-order chi connectivity index (χ1) is 33.0. The predicted octanol–water partition coefficient (Wildman–Crippen LogP) is 17.4. The largest absolute Gasteiger partial charge is 0.310 e. The first-order valence-electron chi connectivity index (χ1n) is 23.8. The summed E-state index contributed by atoms with van der Waals surface area (Å²) in [5.74, 6) is 0. The number of fused-ring (bicyclic) bond motifs is 10. The molecule has 10 aromatic rings. The van der Waals surface area contributed by atoms with E-state index in [2.05, 4.69) is 255 Å². The number of aryl methyl sites for hydroxylation is 1. The number of hydrogen-bond acceptors (Lipinski definition) is 1. The van der Waals surface area contributed by atoms with Crippen LogP contribution in [0.4, 0.5) is 17.1 Å². The molecule has 0 amide bonds. The molecule has 67 heavy (non-hydrogen) atoms. The zero-order valence-corrected chi connectivity index (χ0v) is 37.9. The zero-order chi connectivity index (χ0) is 44.7. The summed E-state index contributed by atoms with van der Waals surface area (Å²) < 4.78 is 0. The lowest BCUT2D eigenvalue weighted by Crippen LogP contribution is -2.24. The fourth-order valence-corrected chi connectivity index (χ4v) is 12.2. The molecular weight excluding hydrogens is 807 g/mol. The fourth-order valence-electron chi connectivity index (χ4n) is 12.2. The summed E-state index contributed by atoms with van der Waals surface area (Å²) in [7, 11) is 0. The quantitative estimate of drug-likeness (QED) is 0.154. The summed E-state index contributed by atoms with van der Waals surface area (Å²) in [4.78, 5) is 2.46. The third-order valence-electron chi connectivity index (χ3n) is 15.3. The van der Waals surface area contributed by atoms with Gasteiger partial charge in [0.25, 0.3) is 0 Å². The van der Waals surface area contributed by atoms with E-state index < -0.39 is 0 Å². The lowest BCUT2D eigenvalue weighted by atomic mass is 9.73. The number of anilines is 3. The highest BCUT2D eigenvalue weighted by atomic mass is 15.1. The summed E-state index contributed by atoms with van der Waals surface area (Å²) in [5.41, 5.74) is 26.9. The van der Waals surface area contributed by atoms with Gasteiger partial charge in [-0.1, -0.05) is 214 Å². The minimum Gasteiger partial charge on any atom is -0.310 e. The van der Waals surface area contributed by atoms with Gasteiger partial charge in [-0.15, -0.1) is 0 Å². The van der Waals surface area contributed by atoms with Crippen LogP contribution < -0.4 is 4.90 Å². The molecule has 1 nitrogen and oxygen atoms in total. The van der Waals surface area contributed by atoms with Gasteiger partial charge in [-0.25, -0.2) is 0 Å². The second kappa shape index (κ2) is 15.3. The van der Waals surface area contributed by atoms with Crippen LogP contribution in [0.1, 0.15) is 53.6 Å². The molecule has 0 radical (unpaired) electrons. The van der Waals surface area contributed by atoms with Crippen molar-refractivity contribution in [2.75, 3.05) is 4.90 Å². The Kier molecular flexibility index (Phi) is 8.99. The van der Waals surface area contributed by atoms with Gasteiger partial charge >= 0.3 is 0 Å². The first kappa shape index (κ1) is 39.4. The Bertz CT molecular complexity index is 3520. The van der Waals surface area contributed by atoms with E-state index in [0.29, 0.717) is 0 Å². The van der Waals surface area contributed by atoms with Crippen LogP contribution >= 0.6 is 0 Å². The van der Waals surface area contributed by atoms with E-state index in [1.54, 1.807) is 0 Å². The summed E-state index contributed by atoms with van der Waals surface area (Å²) in [6.07, 6.45) is 2.14. The van der Waals surface area contributed by atoms with Gasteiger partial charge in [0, 0.05) is 27.9 Å². The molecule has 1 spiro atoms. The highest BCUT2D eigenvalue weighted by Crippen LogP contribution is 2.59. The van der Waals surface area contributed by atoms with Crippen LogP contribution in [-0.4, -0.2) is 0 Å². The third kappa shape index (κ3) is 6.08. The van der Waals surface area contributed by atoms with E-state index in [4.69, 9.17) is 0 Å². The number of rotatable bonds is 7. The Morgan fingerprint density at radius 2 is 0.761 bits per heavy atom. The van der Waals surface area contributed by atoms with E-state index in [1.807, 2.05) is 0 Å². The van der Waals surface area contributed by atoms with Crippen molar-refractivity contribution >= 4 is 17.1 Å². The lowest BCUT2D eigenvalue weighted by Gasteiger charge is -2.31. The van der Waals surface area contributed by atoms with Crippen molar-refractivity contribution < 1.29 is 0 Å². The Hall–Kier alpha value is -8.00. The van der Waals surface area contributed by atoms with E-state index >= 15 is 0 Å². The highest BCUT2D eigenvalue weighted by Gasteiger charge is 2.48. The van der Waals surface area contributed by atoms with Gasteiger partial charge in [-0.2, -0.15) is 0 Å². The van der Waals surface area contributed by atoms with Crippen LogP contribution in [0.15, 0.2) is 237 Å². The van der Waals surface area contributed by atoms with Gasteiger partial charge in [0.15, 0.2) is 0 Å². The molecule has 1 atom stereocenters. The van der Waals surface area contributed by atoms with Crippen LogP contribution in [-0.2, 0) is 17.3 Å². The van der Waals surface area contributed by atoms with Gasteiger partial charge < -0.3 is 4.90 Å². The maximum atomic E-state index is 2.51. The van der Waals surface area contributed by atoms with Crippen molar-refractivity contribution in [2.45, 2.75) is 37.5 Å². The first-order valence-corrected chi connectivity index (χ1v) is 23.8. The molecule has 0 saturated carbocycles. The molecule has 0 fully saturated rings. The van der Waals surface area contributed by atoms with Crippen molar-refractivity contribution in [1.82, 2.24) is 0 Å². The van der Waals surface area contributed by atoms with Gasteiger partial charge in [-0.3, -0.25) is 0 Å². The molecular formula is C66H49N. The number of nitrogens with zero attached hydrogens (tertiary/aromatic N) is 1. The fraction of sp³-hybridized carbons (Fsp3) is 0.0909. The Morgan fingerprint density at radius 3 is 1.43 bits per heavy atom. The van der Waals surface area contributed by atoms with Gasteiger partial charge in [0.05, 0.1) is 0 Å². The minimum atomic E-state index is -0.179. The second-order valence-corrected chi connectivity index (χ2v) is 19.2. The van der Waals surface area contributed by atoms with Crippen LogP contribution in [0, 0.1) is 0 Å². The number of benzene rings is 10. The molecule has 10 aromatic carbocycles. The van der Waals surface area contributed by atoms with Crippen LogP contribution in [0.3, 0.4) is 0 Å². The number of hydrogen-bond donors (Lipinski definition) is 0. The molecule has 3 aliphatic carbocycles. The smallest absolute Gasteiger partial charge is 0.0470 e. The van der Waals surface area contributed by atoms with E-state index in [-0.39, 0.29) is 10.8 Å². The molecule has 0 N–H and O–H groups in total. The van der Waals surface area contributed by atoms with E-state index in [1.165, 1.54) is 100 Å². The Morgan fingerprint density at radius 1 is 0.313 bits per heavy atom. The van der Waals surface area contributed by atoms with Gasteiger partial charge in [0.2, 0.25) is 0 Å². The van der Waals surface area contributed by atoms with Crippen molar-refractivity contribution in [3.05, 3.63) is 270 Å². The molecule has 1 unspecified atom stereocenters. The molecule has 1 heteroatoms. The standard InChI is InChI=1S/C66H49N/c1-65(2)61-25-12-9-21-56(61)59-23-14-22-58(64(59)65)54-19-8-7-18-53(54)48-33-37-51(38-34-48)67(50-35-31-47(32-36-50)46-29-27-45(28-30-46)44-15-4-3-5-16-44)52-39-40-57-55-20-10-13-26-62(55)66(63(57)43-52)42-41-49-17-6-11-24-60(49)66/h3-40,43H,41-42H2,1-2H3. The lowest BCUT2D eigenvalue weighted by molar-refractivity contribution is 0.626. The molecule has 0 aromatic heterocycles. The van der Waals surface area contributed by atoms with Crippen molar-refractivity contribution in [2.24, 2.45) is 0 Å². The van der Waals surface area contributed by atoms with Crippen LogP contribution in [0.2, 0.25) is 0 Å². The summed E-state index contributed by atoms with van der Waals surface area (Å²) in [5, 5.41) is 0. The molecule has 318 valence electrons. The third-order valence-corrected chi connectivity index (χ3v) is 15.3. The maximum absolute atomic E-state index is 2.51. The van der Waals surface area contributed by atoms with Crippen molar-refractivity contribution in [3.63, 3.8) is 0 Å². The van der Waals surface area contributed by atoms with Crippen molar-refractivity contribution in [1.29, 1.82) is 0 Å². The normalized spacial score (nSPS) is 15.7. The summed E-state index contributed by atoms with van der Waals surface area (Å²) >= 11 is 0. The van der Waals surface area contributed by atoms with Crippen molar-refractivity contribution in [3.8, 4) is 66.8 Å². The molecule has 0 aliphatic heterocycles.